The van der Waals surface area contributed by atoms with Gasteiger partial charge in [-0.25, -0.2) is 0 Å². The van der Waals surface area contributed by atoms with E-state index in [9.17, 15) is 0 Å². The quantitative estimate of drug-likeness (QED) is 0.887. The molecular weight excluding hydrogens is 224 g/mol. The molecule has 18 heavy (non-hydrogen) atoms. The predicted octanol–water partition coefficient (Wildman–Crippen LogP) is 2.52. The summed E-state index contributed by atoms with van der Waals surface area (Å²) in [5.74, 6) is 1.03. The SMILES string of the molecule is CCN1CCC(Oc2ccc3c(c2)NCC3)CC1. The lowest BCUT2D eigenvalue weighted by Crippen LogP contribution is -2.37. The molecule has 0 spiro atoms. The van der Waals surface area contributed by atoms with E-state index in [-0.39, 0.29) is 0 Å². The van der Waals surface area contributed by atoms with Crippen molar-refractivity contribution in [1.82, 2.24) is 4.90 Å². The zero-order valence-electron chi connectivity index (χ0n) is 11.1. The molecule has 1 saturated heterocycles. The first-order valence-electron chi connectivity index (χ1n) is 7.11. The van der Waals surface area contributed by atoms with Gasteiger partial charge in [0.25, 0.3) is 0 Å². The van der Waals surface area contributed by atoms with Crippen LogP contribution in [0.25, 0.3) is 0 Å². The van der Waals surface area contributed by atoms with E-state index in [0.717, 1.165) is 38.1 Å². The molecule has 3 rings (SSSR count). The van der Waals surface area contributed by atoms with E-state index in [0.29, 0.717) is 6.10 Å². The van der Waals surface area contributed by atoms with Crippen LogP contribution in [-0.4, -0.2) is 37.2 Å². The summed E-state index contributed by atoms with van der Waals surface area (Å²) in [5, 5.41) is 3.41. The van der Waals surface area contributed by atoms with E-state index in [1.165, 1.54) is 24.3 Å². The van der Waals surface area contributed by atoms with Crippen LogP contribution in [-0.2, 0) is 6.42 Å². The molecule has 0 atom stereocenters. The molecule has 1 aromatic rings. The molecule has 0 radical (unpaired) electrons. The number of ether oxygens (including phenoxy) is 1. The fourth-order valence-electron chi connectivity index (χ4n) is 2.88. The van der Waals surface area contributed by atoms with Crippen molar-refractivity contribution in [2.24, 2.45) is 0 Å². The van der Waals surface area contributed by atoms with Crippen molar-refractivity contribution < 1.29 is 4.74 Å². The number of likely N-dealkylation sites (tertiary alicyclic amines) is 1. The summed E-state index contributed by atoms with van der Waals surface area (Å²) in [6.45, 7) is 6.80. The Kier molecular flexibility index (Phi) is 3.41. The number of nitrogens with zero attached hydrogens (tertiary/aromatic N) is 1. The van der Waals surface area contributed by atoms with Crippen LogP contribution >= 0.6 is 0 Å². The summed E-state index contributed by atoms with van der Waals surface area (Å²) >= 11 is 0. The fourth-order valence-corrected chi connectivity index (χ4v) is 2.88. The number of hydrogen-bond donors (Lipinski definition) is 1. The van der Waals surface area contributed by atoms with Crippen molar-refractivity contribution in [2.45, 2.75) is 32.3 Å². The van der Waals surface area contributed by atoms with E-state index >= 15 is 0 Å². The van der Waals surface area contributed by atoms with E-state index in [1.807, 2.05) is 0 Å². The summed E-state index contributed by atoms with van der Waals surface area (Å²) in [7, 11) is 0. The van der Waals surface area contributed by atoms with Gasteiger partial charge < -0.3 is 15.0 Å². The molecule has 0 aromatic heterocycles. The number of hydrogen-bond acceptors (Lipinski definition) is 3. The minimum absolute atomic E-state index is 0.396. The largest absolute Gasteiger partial charge is 0.490 e. The average Bonchev–Trinajstić information content (AvgIpc) is 2.87. The van der Waals surface area contributed by atoms with Crippen molar-refractivity contribution in [3.05, 3.63) is 23.8 Å². The molecule has 1 N–H and O–H groups in total. The Morgan fingerprint density at radius 3 is 2.94 bits per heavy atom. The molecule has 2 aliphatic rings. The van der Waals surface area contributed by atoms with Crippen molar-refractivity contribution in [3.8, 4) is 5.75 Å². The van der Waals surface area contributed by atoms with Gasteiger partial charge in [0.05, 0.1) is 0 Å². The number of rotatable bonds is 3. The number of benzene rings is 1. The lowest BCUT2D eigenvalue weighted by atomic mass is 10.1. The minimum atomic E-state index is 0.396. The molecule has 1 aromatic carbocycles. The molecule has 0 amide bonds. The Bertz CT molecular complexity index is 411. The highest BCUT2D eigenvalue weighted by Crippen LogP contribution is 2.28. The van der Waals surface area contributed by atoms with Crippen LogP contribution in [0.15, 0.2) is 18.2 Å². The summed E-state index contributed by atoms with van der Waals surface area (Å²) in [6.07, 6.45) is 3.84. The first-order chi connectivity index (χ1) is 8.85. The van der Waals surface area contributed by atoms with Gasteiger partial charge in [0.2, 0.25) is 0 Å². The van der Waals surface area contributed by atoms with Crippen LogP contribution in [0.2, 0.25) is 0 Å². The normalized spacial score (nSPS) is 20.5. The first-order valence-corrected chi connectivity index (χ1v) is 7.11. The maximum atomic E-state index is 6.11. The van der Waals surface area contributed by atoms with Crippen LogP contribution in [0.1, 0.15) is 25.3 Å². The maximum absolute atomic E-state index is 6.11. The Labute approximate surface area is 109 Å². The first kappa shape index (κ1) is 11.8. The molecule has 2 aliphatic heterocycles. The molecule has 1 fully saturated rings. The third kappa shape index (κ3) is 2.46. The number of nitrogens with one attached hydrogen (secondary N) is 1. The maximum Gasteiger partial charge on any atom is 0.121 e. The lowest BCUT2D eigenvalue weighted by Gasteiger charge is -2.31. The van der Waals surface area contributed by atoms with E-state index in [4.69, 9.17) is 4.74 Å². The van der Waals surface area contributed by atoms with Crippen LogP contribution in [0.3, 0.4) is 0 Å². The van der Waals surface area contributed by atoms with E-state index < -0.39 is 0 Å². The van der Waals surface area contributed by atoms with Gasteiger partial charge in [-0.05, 0) is 37.4 Å². The van der Waals surface area contributed by atoms with Gasteiger partial charge in [-0.2, -0.15) is 0 Å². The molecule has 0 bridgehead atoms. The van der Waals surface area contributed by atoms with Crippen LogP contribution < -0.4 is 10.1 Å². The Hall–Kier alpha value is -1.22. The van der Waals surface area contributed by atoms with E-state index in [1.54, 1.807) is 0 Å². The van der Waals surface area contributed by atoms with Crippen LogP contribution in [0.4, 0.5) is 5.69 Å². The third-order valence-corrected chi connectivity index (χ3v) is 4.08. The van der Waals surface area contributed by atoms with Gasteiger partial charge in [0.1, 0.15) is 11.9 Å². The molecule has 3 heteroatoms. The summed E-state index contributed by atoms with van der Waals surface area (Å²) < 4.78 is 6.11. The Morgan fingerprint density at radius 1 is 1.33 bits per heavy atom. The van der Waals surface area contributed by atoms with Gasteiger partial charge in [-0.15, -0.1) is 0 Å². The van der Waals surface area contributed by atoms with Crippen molar-refractivity contribution >= 4 is 5.69 Å². The second-order valence-corrected chi connectivity index (χ2v) is 5.25. The number of anilines is 1. The van der Waals surface area contributed by atoms with Crippen LogP contribution in [0.5, 0.6) is 5.75 Å². The van der Waals surface area contributed by atoms with Crippen molar-refractivity contribution in [3.63, 3.8) is 0 Å². The van der Waals surface area contributed by atoms with Gasteiger partial charge >= 0.3 is 0 Å². The number of piperidine rings is 1. The van der Waals surface area contributed by atoms with Gasteiger partial charge in [-0.1, -0.05) is 13.0 Å². The molecule has 2 heterocycles. The highest BCUT2D eigenvalue weighted by atomic mass is 16.5. The van der Waals surface area contributed by atoms with Crippen molar-refractivity contribution in [2.75, 3.05) is 31.5 Å². The summed E-state index contributed by atoms with van der Waals surface area (Å²) in [5.41, 5.74) is 2.68. The number of fused-ring (bicyclic) bond motifs is 1. The molecule has 0 unspecified atom stereocenters. The molecule has 98 valence electrons. The third-order valence-electron chi connectivity index (χ3n) is 4.08. The highest BCUT2D eigenvalue weighted by Gasteiger charge is 2.20. The predicted molar refractivity (Wildman–Crippen MR) is 74.4 cm³/mol. The molecule has 0 saturated carbocycles. The topological polar surface area (TPSA) is 24.5 Å². The Morgan fingerprint density at radius 2 is 2.17 bits per heavy atom. The van der Waals surface area contributed by atoms with Crippen molar-refractivity contribution in [1.29, 1.82) is 0 Å². The summed E-state index contributed by atoms with van der Waals surface area (Å²) in [6, 6.07) is 6.48. The average molecular weight is 246 g/mol. The molecule has 3 nitrogen and oxygen atoms in total. The summed E-state index contributed by atoms with van der Waals surface area (Å²) in [4.78, 5) is 2.49. The zero-order chi connectivity index (χ0) is 12.4. The lowest BCUT2D eigenvalue weighted by molar-refractivity contribution is 0.104. The molecule has 0 aliphatic carbocycles. The Balaban J connectivity index is 1.60. The van der Waals surface area contributed by atoms with Gasteiger partial charge in [0, 0.05) is 31.4 Å². The van der Waals surface area contributed by atoms with Gasteiger partial charge in [0.15, 0.2) is 0 Å². The zero-order valence-corrected chi connectivity index (χ0v) is 11.1. The monoisotopic (exact) mass is 246 g/mol. The minimum Gasteiger partial charge on any atom is -0.490 e. The smallest absolute Gasteiger partial charge is 0.121 e. The molecular formula is C15H22N2O. The fraction of sp³-hybridized carbons (Fsp3) is 0.600. The highest BCUT2D eigenvalue weighted by molar-refractivity contribution is 5.58. The second-order valence-electron chi connectivity index (χ2n) is 5.25. The van der Waals surface area contributed by atoms with Crippen LogP contribution in [0, 0.1) is 0 Å². The van der Waals surface area contributed by atoms with E-state index in [2.05, 4.69) is 35.3 Å². The standard InChI is InChI=1S/C15H22N2O/c1-2-17-9-6-13(7-10-17)18-14-4-3-12-5-8-16-15(12)11-14/h3-4,11,13,16H,2,5-10H2,1H3. The van der Waals surface area contributed by atoms with Gasteiger partial charge in [-0.3, -0.25) is 0 Å². The second kappa shape index (κ2) is 5.19.